The van der Waals surface area contributed by atoms with Crippen LogP contribution in [-0.4, -0.2) is 74.9 Å². The summed E-state index contributed by atoms with van der Waals surface area (Å²) >= 11 is 0. The summed E-state index contributed by atoms with van der Waals surface area (Å²) in [6, 6.07) is 0. The second kappa shape index (κ2) is 55.2. The highest BCUT2D eigenvalue weighted by molar-refractivity contribution is 7.47. The molecule has 430 valence electrons. The first-order valence-corrected chi connectivity index (χ1v) is 32.2. The van der Waals surface area contributed by atoms with E-state index in [2.05, 4.69) is 68.5 Å². The van der Waals surface area contributed by atoms with E-state index in [0.29, 0.717) is 17.4 Å². The minimum absolute atomic E-state index is 0.00753. The first-order chi connectivity index (χ1) is 36.0. The Bertz CT molecular complexity index is 1480. The standard InChI is InChI=1S/C64H116NO8P/c1-6-8-10-12-14-16-18-20-22-23-24-25-26-27-28-29-30-31-32-33-34-35-36-37-38-39-40-41-43-44-46-48-50-52-54-56-63(66)70-60-62(61-72-74(68,69)71-59-58-65(3,4)5)73-64(67)57-55-53-51-49-47-45-42-21-19-17-15-13-11-9-7-2/h9,11,15,17,21,23-24,42,47,49,53,55,62H,6-8,10,12-14,16,18-20,22,25-41,43-46,48,50-52,54,56-61H2,1-5H3/p+1/b11-9-,17-15-,24-23-,42-21-,49-47-,55-53-. The van der Waals surface area contributed by atoms with E-state index in [1.54, 1.807) is 6.08 Å². The van der Waals surface area contributed by atoms with E-state index in [-0.39, 0.29) is 32.0 Å². The zero-order valence-electron chi connectivity index (χ0n) is 48.8. The maximum Gasteiger partial charge on any atom is 0.472 e. The minimum atomic E-state index is -4.41. The van der Waals surface area contributed by atoms with Gasteiger partial charge in [-0.1, -0.05) is 267 Å². The van der Waals surface area contributed by atoms with Crippen molar-refractivity contribution < 1.29 is 42.1 Å². The molecule has 0 radical (unpaired) electrons. The molecule has 10 heteroatoms. The number of phosphoric ester groups is 1. The molecule has 0 fully saturated rings. The molecular weight excluding hydrogens is 942 g/mol. The number of carbonyl (C=O) groups is 2. The predicted octanol–water partition coefficient (Wildman–Crippen LogP) is 19.3. The van der Waals surface area contributed by atoms with E-state index in [9.17, 15) is 19.0 Å². The quantitative estimate of drug-likeness (QED) is 0.0211. The molecule has 0 amide bonds. The van der Waals surface area contributed by atoms with Gasteiger partial charge in [0.1, 0.15) is 19.8 Å². The van der Waals surface area contributed by atoms with E-state index in [0.717, 1.165) is 44.9 Å². The van der Waals surface area contributed by atoms with Crippen molar-refractivity contribution in [1.82, 2.24) is 0 Å². The number of quaternary nitrogens is 1. The summed E-state index contributed by atoms with van der Waals surface area (Å²) in [4.78, 5) is 35.5. The first-order valence-electron chi connectivity index (χ1n) is 30.7. The van der Waals surface area contributed by atoms with Gasteiger partial charge in [0.2, 0.25) is 0 Å². The lowest BCUT2D eigenvalue weighted by molar-refractivity contribution is -0.870. The fourth-order valence-electron chi connectivity index (χ4n) is 8.56. The largest absolute Gasteiger partial charge is 0.472 e. The molecule has 0 aliphatic rings. The molecule has 0 saturated carbocycles. The average molecular weight is 1060 g/mol. The Morgan fingerprint density at radius 3 is 1.20 bits per heavy atom. The van der Waals surface area contributed by atoms with Crippen molar-refractivity contribution in [3.05, 3.63) is 72.9 Å². The van der Waals surface area contributed by atoms with Gasteiger partial charge in [-0.15, -0.1) is 0 Å². The molecule has 0 rings (SSSR count). The number of nitrogens with zero attached hydrogens (tertiary/aromatic N) is 1. The van der Waals surface area contributed by atoms with Gasteiger partial charge in [-0.3, -0.25) is 18.6 Å². The molecule has 74 heavy (non-hydrogen) atoms. The van der Waals surface area contributed by atoms with E-state index >= 15 is 0 Å². The molecule has 2 atom stereocenters. The summed E-state index contributed by atoms with van der Waals surface area (Å²) in [6.07, 6.45) is 73.4. The van der Waals surface area contributed by atoms with Crippen LogP contribution in [0.2, 0.25) is 0 Å². The molecule has 0 aromatic rings. The summed E-state index contributed by atoms with van der Waals surface area (Å²) in [5.41, 5.74) is 0. The van der Waals surface area contributed by atoms with Crippen LogP contribution in [0, 0.1) is 0 Å². The van der Waals surface area contributed by atoms with E-state index in [4.69, 9.17) is 18.5 Å². The summed E-state index contributed by atoms with van der Waals surface area (Å²) in [6.45, 7) is 4.22. The van der Waals surface area contributed by atoms with Crippen molar-refractivity contribution in [3.8, 4) is 0 Å². The van der Waals surface area contributed by atoms with Gasteiger partial charge >= 0.3 is 19.8 Å². The van der Waals surface area contributed by atoms with Crippen LogP contribution in [0.25, 0.3) is 0 Å². The Kier molecular flexibility index (Phi) is 53.3. The van der Waals surface area contributed by atoms with Gasteiger partial charge in [0.25, 0.3) is 0 Å². The molecule has 0 aliphatic heterocycles. The van der Waals surface area contributed by atoms with E-state index in [1.165, 1.54) is 193 Å². The van der Waals surface area contributed by atoms with Crippen molar-refractivity contribution in [2.45, 2.75) is 277 Å². The van der Waals surface area contributed by atoms with Crippen LogP contribution in [0.3, 0.4) is 0 Å². The number of phosphoric acid groups is 1. The molecule has 1 N–H and O–H groups in total. The highest BCUT2D eigenvalue weighted by Gasteiger charge is 2.27. The van der Waals surface area contributed by atoms with Crippen molar-refractivity contribution in [2.75, 3.05) is 47.5 Å². The number of ether oxygens (including phenoxy) is 2. The molecule has 2 unspecified atom stereocenters. The summed E-state index contributed by atoms with van der Waals surface area (Å²) in [5.74, 6) is -0.940. The third-order valence-corrected chi connectivity index (χ3v) is 14.2. The topological polar surface area (TPSA) is 108 Å². The lowest BCUT2D eigenvalue weighted by atomic mass is 10.0. The maximum absolute atomic E-state index is 12.7. The Balaban J connectivity index is 3.99. The Morgan fingerprint density at radius 1 is 0.446 bits per heavy atom. The first kappa shape index (κ1) is 71.5. The van der Waals surface area contributed by atoms with Gasteiger partial charge in [-0.2, -0.15) is 0 Å². The number of hydrogen-bond acceptors (Lipinski definition) is 7. The number of unbranched alkanes of at least 4 members (excludes halogenated alkanes) is 31. The van der Waals surface area contributed by atoms with Crippen LogP contribution in [-0.2, 0) is 32.7 Å². The highest BCUT2D eigenvalue weighted by Crippen LogP contribution is 2.43. The SMILES string of the molecule is CC/C=C\C/C=C\C/C=C\C/C=C\C/C=C\CC(=O)OC(COC(=O)CCCCCCCCCCCCCCCCCCCCCCCCC/C=C\CCCCCCCCCC)COP(=O)(O)OCC[N+](C)(C)C. The number of likely N-dealkylation sites (N-methyl/N-ethyl adjacent to an activating group) is 1. The molecule has 0 aromatic carbocycles. The minimum Gasteiger partial charge on any atom is -0.462 e. The number of allylic oxidation sites excluding steroid dienone is 11. The van der Waals surface area contributed by atoms with Crippen LogP contribution in [0.4, 0.5) is 0 Å². The lowest BCUT2D eigenvalue weighted by Gasteiger charge is -2.24. The summed E-state index contributed by atoms with van der Waals surface area (Å²) < 4.78 is 34.4. The van der Waals surface area contributed by atoms with Crippen molar-refractivity contribution in [2.24, 2.45) is 0 Å². The van der Waals surface area contributed by atoms with Gasteiger partial charge in [-0.25, -0.2) is 4.57 Å². The summed E-state index contributed by atoms with van der Waals surface area (Å²) in [7, 11) is 1.42. The van der Waals surface area contributed by atoms with Crippen LogP contribution < -0.4 is 0 Å². The highest BCUT2D eigenvalue weighted by atomic mass is 31.2. The monoisotopic (exact) mass is 1060 g/mol. The lowest BCUT2D eigenvalue weighted by Crippen LogP contribution is -2.37. The van der Waals surface area contributed by atoms with Crippen LogP contribution >= 0.6 is 7.82 Å². The number of hydrogen-bond donors (Lipinski definition) is 1. The number of carbonyl (C=O) groups excluding carboxylic acids is 2. The average Bonchev–Trinajstić information content (AvgIpc) is 3.36. The fourth-order valence-corrected chi connectivity index (χ4v) is 9.30. The van der Waals surface area contributed by atoms with E-state index < -0.39 is 26.5 Å². The second-order valence-electron chi connectivity index (χ2n) is 21.7. The molecule has 0 aromatic heterocycles. The zero-order chi connectivity index (χ0) is 54.2. The Morgan fingerprint density at radius 2 is 0.811 bits per heavy atom. The van der Waals surface area contributed by atoms with Crippen LogP contribution in [0.5, 0.6) is 0 Å². The Labute approximate surface area is 457 Å². The normalized spacial score (nSPS) is 13.8. The smallest absolute Gasteiger partial charge is 0.462 e. The molecular formula is C64H117NO8P+. The van der Waals surface area contributed by atoms with Gasteiger partial charge < -0.3 is 18.9 Å². The Hall–Kier alpha value is -2.55. The third kappa shape index (κ3) is 58.7. The van der Waals surface area contributed by atoms with E-state index in [1.807, 2.05) is 33.3 Å². The molecule has 0 saturated heterocycles. The van der Waals surface area contributed by atoms with Crippen LogP contribution in [0.1, 0.15) is 271 Å². The second-order valence-corrected chi connectivity index (χ2v) is 23.2. The molecule has 0 bridgehead atoms. The van der Waals surface area contributed by atoms with Crippen molar-refractivity contribution in [3.63, 3.8) is 0 Å². The molecule has 0 heterocycles. The molecule has 9 nitrogen and oxygen atoms in total. The van der Waals surface area contributed by atoms with Gasteiger partial charge in [0.05, 0.1) is 34.2 Å². The number of esters is 2. The fraction of sp³-hybridized carbons (Fsp3) is 0.781. The molecule has 0 aliphatic carbocycles. The number of rotatable bonds is 56. The van der Waals surface area contributed by atoms with Crippen LogP contribution in [0.15, 0.2) is 72.9 Å². The molecule has 0 spiro atoms. The predicted molar refractivity (Wildman–Crippen MR) is 316 cm³/mol. The maximum atomic E-state index is 12.7. The van der Waals surface area contributed by atoms with Gasteiger partial charge in [-0.05, 0) is 64.2 Å². The summed E-state index contributed by atoms with van der Waals surface area (Å²) in [5, 5.41) is 0. The van der Waals surface area contributed by atoms with Crippen molar-refractivity contribution >= 4 is 19.8 Å². The third-order valence-electron chi connectivity index (χ3n) is 13.3. The van der Waals surface area contributed by atoms with Gasteiger partial charge in [0, 0.05) is 6.42 Å². The van der Waals surface area contributed by atoms with Crippen molar-refractivity contribution in [1.29, 1.82) is 0 Å². The van der Waals surface area contributed by atoms with Gasteiger partial charge in [0.15, 0.2) is 6.10 Å². The zero-order valence-corrected chi connectivity index (χ0v) is 49.7.